The highest BCUT2D eigenvalue weighted by molar-refractivity contribution is 7.89. The molecule has 0 aliphatic carbocycles. The summed E-state index contributed by atoms with van der Waals surface area (Å²) in [6.45, 7) is 3.70. The number of nitrogens with one attached hydrogen (secondary N) is 1. The van der Waals surface area contributed by atoms with Crippen LogP contribution in [-0.2, 0) is 21.4 Å². The van der Waals surface area contributed by atoms with Gasteiger partial charge in [0.05, 0.1) is 22.0 Å². The minimum Gasteiger partial charge on any atom is -0.495 e. The minimum atomic E-state index is -3.71. The summed E-state index contributed by atoms with van der Waals surface area (Å²) >= 11 is 7.26. The fraction of sp³-hybridized carbons (Fsp3) is 0.312. The van der Waals surface area contributed by atoms with E-state index in [1.54, 1.807) is 13.0 Å². The summed E-state index contributed by atoms with van der Waals surface area (Å²) < 4.78 is 33.0. The van der Waals surface area contributed by atoms with Gasteiger partial charge in [-0.05, 0) is 24.3 Å². The van der Waals surface area contributed by atoms with Gasteiger partial charge in [0, 0.05) is 31.0 Å². The molecule has 0 bridgehead atoms. The number of hydrogen-bond acceptors (Lipinski definition) is 5. The number of halogens is 1. The van der Waals surface area contributed by atoms with Crippen LogP contribution in [0.5, 0.6) is 5.75 Å². The number of anilines is 1. The fourth-order valence-corrected chi connectivity index (χ4v) is 4.88. The zero-order valence-corrected chi connectivity index (χ0v) is 16.5. The molecular formula is C16H19ClN2O4S2. The van der Waals surface area contributed by atoms with Crippen molar-refractivity contribution in [3.8, 4) is 5.75 Å². The van der Waals surface area contributed by atoms with E-state index < -0.39 is 10.0 Å². The summed E-state index contributed by atoms with van der Waals surface area (Å²) in [5.41, 5.74) is 0.419. The number of sulfonamides is 1. The number of carbonyl (C=O) groups excluding carboxylic acids is 1. The Bertz CT molecular complexity index is 865. The SMILES string of the molecule is CCN(Cc1ccc(Cl)s1)S(=O)(=O)c1ccc(NC(C)=O)c(OC)c1. The summed E-state index contributed by atoms with van der Waals surface area (Å²) in [7, 11) is -2.29. The molecule has 6 nitrogen and oxygen atoms in total. The maximum atomic E-state index is 12.9. The summed E-state index contributed by atoms with van der Waals surface area (Å²) in [6, 6.07) is 7.93. The van der Waals surface area contributed by atoms with E-state index >= 15 is 0 Å². The third-order valence-electron chi connectivity index (χ3n) is 3.44. The maximum absolute atomic E-state index is 12.9. The van der Waals surface area contributed by atoms with Crippen molar-refractivity contribution in [2.24, 2.45) is 0 Å². The molecule has 9 heteroatoms. The summed E-state index contributed by atoms with van der Waals surface area (Å²) in [4.78, 5) is 12.2. The highest BCUT2D eigenvalue weighted by Gasteiger charge is 2.25. The molecule has 1 aromatic carbocycles. The predicted octanol–water partition coefficient (Wildman–Crippen LogP) is 3.58. The van der Waals surface area contributed by atoms with Crippen LogP contribution in [0.15, 0.2) is 35.2 Å². The molecule has 1 aromatic heterocycles. The third kappa shape index (κ3) is 4.72. The zero-order valence-electron chi connectivity index (χ0n) is 14.1. The number of ether oxygens (including phenoxy) is 1. The third-order valence-corrected chi connectivity index (χ3v) is 6.57. The molecule has 1 heterocycles. The molecule has 0 saturated carbocycles. The van der Waals surface area contributed by atoms with Gasteiger partial charge in [0.15, 0.2) is 0 Å². The van der Waals surface area contributed by atoms with Crippen molar-refractivity contribution >= 4 is 44.6 Å². The van der Waals surface area contributed by atoms with Gasteiger partial charge in [-0.25, -0.2) is 8.42 Å². The highest BCUT2D eigenvalue weighted by atomic mass is 35.5. The number of benzene rings is 1. The van der Waals surface area contributed by atoms with Crippen LogP contribution in [0.3, 0.4) is 0 Å². The molecule has 1 N–H and O–H groups in total. The second kappa shape index (κ2) is 8.18. The number of nitrogens with zero attached hydrogens (tertiary/aromatic N) is 1. The molecule has 0 aliphatic heterocycles. The first kappa shape index (κ1) is 19.7. The van der Waals surface area contributed by atoms with Gasteiger partial charge in [0.2, 0.25) is 15.9 Å². The van der Waals surface area contributed by atoms with Gasteiger partial charge < -0.3 is 10.1 Å². The molecule has 0 aliphatic rings. The monoisotopic (exact) mass is 402 g/mol. The molecule has 0 fully saturated rings. The average Bonchev–Trinajstić information content (AvgIpc) is 2.97. The first-order valence-electron chi connectivity index (χ1n) is 7.48. The van der Waals surface area contributed by atoms with E-state index in [1.165, 1.54) is 47.9 Å². The number of methoxy groups -OCH3 is 1. The van der Waals surface area contributed by atoms with Crippen molar-refractivity contribution in [1.82, 2.24) is 4.31 Å². The van der Waals surface area contributed by atoms with Crippen molar-refractivity contribution in [3.05, 3.63) is 39.5 Å². The van der Waals surface area contributed by atoms with Crippen molar-refractivity contribution < 1.29 is 17.9 Å². The standard InChI is InChI=1S/C16H19ClN2O4S2/c1-4-19(10-12-5-8-16(17)24-12)25(21,22)13-6-7-14(18-11(2)20)15(9-13)23-3/h5-9H,4,10H2,1-3H3,(H,18,20). The average molecular weight is 403 g/mol. The Morgan fingerprint density at radius 3 is 2.56 bits per heavy atom. The second-order valence-electron chi connectivity index (χ2n) is 5.18. The van der Waals surface area contributed by atoms with Gasteiger partial charge in [0.25, 0.3) is 0 Å². The van der Waals surface area contributed by atoms with Crippen LogP contribution >= 0.6 is 22.9 Å². The van der Waals surface area contributed by atoms with Crippen molar-refractivity contribution in [1.29, 1.82) is 0 Å². The molecule has 0 radical (unpaired) electrons. The van der Waals surface area contributed by atoms with Crippen LogP contribution in [0.25, 0.3) is 0 Å². The van der Waals surface area contributed by atoms with Crippen LogP contribution < -0.4 is 10.1 Å². The molecule has 136 valence electrons. The Morgan fingerprint density at radius 1 is 1.32 bits per heavy atom. The number of hydrogen-bond donors (Lipinski definition) is 1. The lowest BCUT2D eigenvalue weighted by Gasteiger charge is -2.20. The lowest BCUT2D eigenvalue weighted by atomic mass is 10.3. The normalized spacial score (nSPS) is 11.6. The number of rotatable bonds is 7. The fourth-order valence-electron chi connectivity index (χ4n) is 2.25. The molecule has 1 amide bonds. The van der Waals surface area contributed by atoms with Gasteiger partial charge in [-0.1, -0.05) is 18.5 Å². The first-order valence-corrected chi connectivity index (χ1v) is 10.1. The van der Waals surface area contributed by atoms with Crippen molar-refractivity contribution in [2.45, 2.75) is 25.3 Å². The molecule has 0 spiro atoms. The Balaban J connectivity index is 2.34. The lowest BCUT2D eigenvalue weighted by Crippen LogP contribution is -2.30. The van der Waals surface area contributed by atoms with E-state index in [9.17, 15) is 13.2 Å². The number of amides is 1. The van der Waals surface area contributed by atoms with Gasteiger partial charge >= 0.3 is 0 Å². The number of thiophene rings is 1. The molecule has 2 rings (SSSR count). The maximum Gasteiger partial charge on any atom is 0.243 e. The van der Waals surface area contributed by atoms with E-state index in [2.05, 4.69) is 5.32 Å². The molecule has 2 aromatic rings. The van der Waals surface area contributed by atoms with Crippen LogP contribution in [-0.4, -0.2) is 32.3 Å². The van der Waals surface area contributed by atoms with Crippen LogP contribution in [0, 0.1) is 0 Å². The van der Waals surface area contributed by atoms with Gasteiger partial charge in [0.1, 0.15) is 5.75 Å². The Morgan fingerprint density at radius 2 is 2.04 bits per heavy atom. The number of carbonyl (C=O) groups is 1. The molecular weight excluding hydrogens is 384 g/mol. The van der Waals surface area contributed by atoms with Crippen LogP contribution in [0.2, 0.25) is 4.34 Å². The zero-order chi connectivity index (χ0) is 18.6. The van der Waals surface area contributed by atoms with Gasteiger partial charge in [-0.15, -0.1) is 11.3 Å². The Labute approximate surface area is 156 Å². The second-order valence-corrected chi connectivity index (χ2v) is 8.92. The van der Waals surface area contributed by atoms with E-state index in [0.29, 0.717) is 16.6 Å². The van der Waals surface area contributed by atoms with Gasteiger partial charge in [-0.2, -0.15) is 4.31 Å². The van der Waals surface area contributed by atoms with Crippen LogP contribution in [0.4, 0.5) is 5.69 Å². The largest absolute Gasteiger partial charge is 0.495 e. The quantitative estimate of drug-likeness (QED) is 0.768. The van der Waals surface area contributed by atoms with E-state index in [-0.39, 0.29) is 23.1 Å². The summed E-state index contributed by atoms with van der Waals surface area (Å²) in [5, 5.41) is 2.60. The van der Waals surface area contributed by atoms with E-state index in [4.69, 9.17) is 16.3 Å². The Hall–Kier alpha value is -1.61. The minimum absolute atomic E-state index is 0.1000. The summed E-state index contributed by atoms with van der Waals surface area (Å²) in [6.07, 6.45) is 0. The van der Waals surface area contributed by atoms with E-state index in [1.807, 2.05) is 6.07 Å². The lowest BCUT2D eigenvalue weighted by molar-refractivity contribution is -0.114. The molecule has 25 heavy (non-hydrogen) atoms. The smallest absolute Gasteiger partial charge is 0.243 e. The Kier molecular flexibility index (Phi) is 6.45. The van der Waals surface area contributed by atoms with E-state index in [0.717, 1.165) is 4.88 Å². The van der Waals surface area contributed by atoms with Gasteiger partial charge in [-0.3, -0.25) is 4.79 Å². The van der Waals surface area contributed by atoms with Crippen molar-refractivity contribution in [3.63, 3.8) is 0 Å². The van der Waals surface area contributed by atoms with Crippen molar-refractivity contribution in [2.75, 3.05) is 19.0 Å². The predicted molar refractivity (Wildman–Crippen MR) is 99.9 cm³/mol. The highest BCUT2D eigenvalue weighted by Crippen LogP contribution is 2.30. The summed E-state index contributed by atoms with van der Waals surface area (Å²) in [5.74, 6) is 0.0187. The molecule has 0 atom stereocenters. The molecule has 0 unspecified atom stereocenters. The first-order chi connectivity index (χ1) is 11.8. The van der Waals surface area contributed by atoms with Crippen LogP contribution in [0.1, 0.15) is 18.7 Å². The topological polar surface area (TPSA) is 75.7 Å². The molecule has 0 saturated heterocycles.